The number of nitrogen functional groups attached to an aromatic ring is 1. The molecule has 92 valence electrons. The van der Waals surface area contributed by atoms with Gasteiger partial charge in [-0.05, 0) is 42.8 Å². The van der Waals surface area contributed by atoms with Crippen molar-refractivity contribution in [2.45, 2.75) is 6.92 Å². The first kappa shape index (κ1) is 12.0. The smallest absolute Gasteiger partial charge is 0.256 e. The van der Waals surface area contributed by atoms with Crippen molar-refractivity contribution in [3.63, 3.8) is 0 Å². The van der Waals surface area contributed by atoms with Crippen molar-refractivity contribution in [1.82, 2.24) is 4.98 Å². The summed E-state index contributed by atoms with van der Waals surface area (Å²) in [6.07, 6.45) is 1.60. The highest BCUT2D eigenvalue weighted by molar-refractivity contribution is 6.04. The monoisotopic (exact) mass is 245 g/mol. The predicted molar refractivity (Wildman–Crippen MR) is 67.7 cm³/mol. The molecule has 0 aliphatic rings. The molecule has 0 saturated heterocycles. The Hall–Kier alpha value is -2.43. The molecule has 5 heteroatoms. The second-order valence-corrected chi connectivity index (χ2v) is 3.91. The van der Waals surface area contributed by atoms with Crippen LogP contribution in [0.5, 0.6) is 0 Å². The van der Waals surface area contributed by atoms with Gasteiger partial charge in [-0.15, -0.1) is 0 Å². The fraction of sp³-hybridized carbons (Fsp3) is 0.0769. The summed E-state index contributed by atoms with van der Waals surface area (Å²) >= 11 is 0. The Labute approximate surface area is 104 Å². The van der Waals surface area contributed by atoms with Gasteiger partial charge >= 0.3 is 0 Å². The molecular formula is C13H12FN3O. The molecule has 0 bridgehead atoms. The van der Waals surface area contributed by atoms with E-state index in [2.05, 4.69) is 10.3 Å². The third-order valence-electron chi connectivity index (χ3n) is 2.42. The number of rotatable bonds is 2. The number of benzene rings is 1. The Bertz CT molecular complexity index is 599. The average Bonchev–Trinajstić information content (AvgIpc) is 2.32. The Kier molecular flexibility index (Phi) is 3.23. The highest BCUT2D eigenvalue weighted by Gasteiger charge is 2.09. The van der Waals surface area contributed by atoms with E-state index in [-0.39, 0.29) is 17.2 Å². The van der Waals surface area contributed by atoms with Gasteiger partial charge in [0.05, 0.1) is 5.69 Å². The van der Waals surface area contributed by atoms with Crippen LogP contribution in [0.25, 0.3) is 0 Å². The second kappa shape index (κ2) is 4.83. The molecule has 2 aromatic rings. The van der Waals surface area contributed by atoms with Gasteiger partial charge in [0, 0.05) is 11.8 Å². The van der Waals surface area contributed by atoms with E-state index in [1.807, 2.05) is 13.0 Å². The first-order valence-corrected chi connectivity index (χ1v) is 5.35. The summed E-state index contributed by atoms with van der Waals surface area (Å²) in [5.41, 5.74) is 6.62. The first-order chi connectivity index (χ1) is 8.56. The van der Waals surface area contributed by atoms with Gasteiger partial charge in [-0.3, -0.25) is 4.79 Å². The quantitative estimate of drug-likeness (QED) is 0.798. The third-order valence-corrected chi connectivity index (χ3v) is 2.42. The van der Waals surface area contributed by atoms with Gasteiger partial charge in [0.2, 0.25) is 0 Å². The minimum Gasteiger partial charge on any atom is -0.396 e. The second-order valence-electron chi connectivity index (χ2n) is 3.91. The number of hydrogen-bond acceptors (Lipinski definition) is 3. The molecule has 0 fully saturated rings. The molecule has 0 saturated carbocycles. The molecule has 0 atom stereocenters. The maximum atomic E-state index is 13.0. The number of aryl methyl sites for hydroxylation is 1. The van der Waals surface area contributed by atoms with E-state index >= 15 is 0 Å². The zero-order valence-corrected chi connectivity index (χ0v) is 9.77. The first-order valence-electron chi connectivity index (χ1n) is 5.35. The number of pyridine rings is 1. The zero-order valence-electron chi connectivity index (χ0n) is 9.77. The molecule has 1 aromatic carbocycles. The number of nitrogens with one attached hydrogen (secondary N) is 1. The fourth-order valence-corrected chi connectivity index (χ4v) is 1.48. The van der Waals surface area contributed by atoms with Gasteiger partial charge in [-0.2, -0.15) is 0 Å². The van der Waals surface area contributed by atoms with Gasteiger partial charge in [-0.1, -0.05) is 0 Å². The minimum atomic E-state index is -0.541. The lowest BCUT2D eigenvalue weighted by molar-refractivity contribution is 0.102. The van der Waals surface area contributed by atoms with Crippen LogP contribution < -0.4 is 11.1 Å². The van der Waals surface area contributed by atoms with Crippen molar-refractivity contribution in [3.05, 3.63) is 53.5 Å². The number of halogens is 1. The Morgan fingerprint density at radius 3 is 2.78 bits per heavy atom. The van der Waals surface area contributed by atoms with Gasteiger partial charge in [-0.25, -0.2) is 9.37 Å². The summed E-state index contributed by atoms with van der Waals surface area (Å²) in [5.74, 6) is -0.470. The summed E-state index contributed by atoms with van der Waals surface area (Å²) in [4.78, 5) is 15.9. The summed E-state index contributed by atoms with van der Waals surface area (Å²) in [5, 5.41) is 2.62. The van der Waals surface area contributed by atoms with Gasteiger partial charge < -0.3 is 11.1 Å². The number of anilines is 2. The highest BCUT2D eigenvalue weighted by atomic mass is 19.1. The van der Waals surface area contributed by atoms with Crippen molar-refractivity contribution in [3.8, 4) is 0 Å². The largest absolute Gasteiger partial charge is 0.396 e. The van der Waals surface area contributed by atoms with Gasteiger partial charge in [0.1, 0.15) is 11.6 Å². The SMILES string of the molecule is Cc1ccnc(NC(=O)c2ccc(F)c(N)c2)c1. The molecule has 1 aromatic heterocycles. The maximum absolute atomic E-state index is 13.0. The summed E-state index contributed by atoms with van der Waals surface area (Å²) in [6, 6.07) is 7.39. The van der Waals surface area contributed by atoms with Crippen molar-refractivity contribution >= 4 is 17.4 Å². The van der Waals surface area contributed by atoms with Crippen molar-refractivity contribution in [2.75, 3.05) is 11.1 Å². The van der Waals surface area contributed by atoms with Gasteiger partial charge in [0.25, 0.3) is 5.91 Å². The van der Waals surface area contributed by atoms with Crippen LogP contribution in [-0.4, -0.2) is 10.9 Å². The summed E-state index contributed by atoms with van der Waals surface area (Å²) in [6.45, 7) is 1.90. The number of amides is 1. The molecule has 0 spiro atoms. The van der Waals surface area contributed by atoms with E-state index in [4.69, 9.17) is 5.73 Å². The molecule has 0 aliphatic heterocycles. The minimum absolute atomic E-state index is 0.0557. The van der Waals surface area contributed by atoms with E-state index in [9.17, 15) is 9.18 Å². The number of nitrogens with two attached hydrogens (primary N) is 1. The van der Waals surface area contributed by atoms with E-state index in [1.54, 1.807) is 12.3 Å². The van der Waals surface area contributed by atoms with Crippen LogP contribution in [0.2, 0.25) is 0 Å². The van der Waals surface area contributed by atoms with Crippen LogP contribution in [0, 0.1) is 12.7 Å². The lowest BCUT2D eigenvalue weighted by atomic mass is 10.2. The fourth-order valence-electron chi connectivity index (χ4n) is 1.48. The molecule has 2 rings (SSSR count). The molecule has 0 radical (unpaired) electrons. The van der Waals surface area contributed by atoms with E-state index in [0.29, 0.717) is 5.82 Å². The normalized spacial score (nSPS) is 10.1. The molecule has 18 heavy (non-hydrogen) atoms. The number of aromatic nitrogens is 1. The Balaban J connectivity index is 2.19. The standard InChI is InChI=1S/C13H12FN3O/c1-8-4-5-16-12(6-8)17-13(18)9-2-3-10(14)11(15)7-9/h2-7H,15H2,1H3,(H,16,17,18). The van der Waals surface area contributed by atoms with Gasteiger partial charge in [0.15, 0.2) is 0 Å². The van der Waals surface area contributed by atoms with Crippen LogP contribution in [0.4, 0.5) is 15.9 Å². The van der Waals surface area contributed by atoms with Crippen LogP contribution in [0.15, 0.2) is 36.5 Å². The van der Waals surface area contributed by atoms with Crippen LogP contribution in [0.3, 0.4) is 0 Å². The summed E-state index contributed by atoms with van der Waals surface area (Å²) < 4.78 is 13.0. The third kappa shape index (κ3) is 2.63. The molecule has 4 nitrogen and oxygen atoms in total. The Morgan fingerprint density at radius 1 is 1.33 bits per heavy atom. The predicted octanol–water partition coefficient (Wildman–Crippen LogP) is 2.36. The number of hydrogen-bond donors (Lipinski definition) is 2. The van der Waals surface area contributed by atoms with Crippen molar-refractivity contribution < 1.29 is 9.18 Å². The lowest BCUT2D eigenvalue weighted by Crippen LogP contribution is -2.13. The Morgan fingerprint density at radius 2 is 2.11 bits per heavy atom. The number of nitrogens with zero attached hydrogens (tertiary/aromatic N) is 1. The molecule has 3 N–H and O–H groups in total. The van der Waals surface area contributed by atoms with E-state index in [1.165, 1.54) is 12.1 Å². The van der Waals surface area contributed by atoms with E-state index < -0.39 is 5.82 Å². The molecule has 1 heterocycles. The zero-order chi connectivity index (χ0) is 13.1. The van der Waals surface area contributed by atoms with Crippen LogP contribution in [0.1, 0.15) is 15.9 Å². The molecular weight excluding hydrogens is 233 g/mol. The maximum Gasteiger partial charge on any atom is 0.256 e. The van der Waals surface area contributed by atoms with E-state index in [0.717, 1.165) is 11.6 Å². The molecule has 0 aliphatic carbocycles. The van der Waals surface area contributed by atoms with Crippen LogP contribution in [-0.2, 0) is 0 Å². The molecule has 1 amide bonds. The van der Waals surface area contributed by atoms with Crippen molar-refractivity contribution in [1.29, 1.82) is 0 Å². The average molecular weight is 245 g/mol. The highest BCUT2D eigenvalue weighted by Crippen LogP contribution is 2.14. The number of carbonyl (C=O) groups is 1. The van der Waals surface area contributed by atoms with Crippen molar-refractivity contribution in [2.24, 2.45) is 0 Å². The lowest BCUT2D eigenvalue weighted by Gasteiger charge is -2.06. The molecule has 0 unspecified atom stereocenters. The topological polar surface area (TPSA) is 68.0 Å². The summed E-state index contributed by atoms with van der Waals surface area (Å²) in [7, 11) is 0. The number of carbonyl (C=O) groups excluding carboxylic acids is 1. The van der Waals surface area contributed by atoms with Crippen LogP contribution >= 0.6 is 0 Å².